The highest BCUT2D eigenvalue weighted by atomic mass is 16.1. The number of hydrogen-bond donors (Lipinski definition) is 1. The predicted octanol–water partition coefficient (Wildman–Crippen LogP) is 1.27. The molecular formula is C14H17N3O. The summed E-state index contributed by atoms with van der Waals surface area (Å²) < 4.78 is 1.86. The number of aryl methyl sites for hydroxylation is 1. The summed E-state index contributed by atoms with van der Waals surface area (Å²) in [5.41, 5.74) is 3.48. The highest BCUT2D eigenvalue weighted by Gasteiger charge is 2.21. The van der Waals surface area contributed by atoms with Crippen LogP contribution in [0, 0.1) is 0 Å². The molecule has 1 aliphatic rings. The molecule has 0 saturated heterocycles. The lowest BCUT2D eigenvalue weighted by atomic mass is 10.1. The number of H-pyrrole nitrogens is 1. The van der Waals surface area contributed by atoms with E-state index in [1.807, 2.05) is 17.8 Å². The van der Waals surface area contributed by atoms with Crippen LogP contribution >= 0.6 is 0 Å². The molecule has 1 aromatic heterocycles. The van der Waals surface area contributed by atoms with Crippen LogP contribution < -0.4 is 5.56 Å². The van der Waals surface area contributed by atoms with Gasteiger partial charge in [-0.3, -0.25) is 19.5 Å². The van der Waals surface area contributed by atoms with Crippen molar-refractivity contribution >= 4 is 0 Å². The lowest BCUT2D eigenvalue weighted by Gasteiger charge is -2.26. The van der Waals surface area contributed by atoms with Gasteiger partial charge in [-0.05, 0) is 12.0 Å². The molecule has 0 radical (unpaired) electrons. The first-order chi connectivity index (χ1) is 8.74. The van der Waals surface area contributed by atoms with Gasteiger partial charge in [0.05, 0.1) is 5.69 Å². The topological polar surface area (TPSA) is 41.0 Å². The Kier molecular flexibility index (Phi) is 2.80. The third kappa shape index (κ3) is 1.99. The Hall–Kier alpha value is -1.81. The summed E-state index contributed by atoms with van der Waals surface area (Å²) in [7, 11) is 1.91. The van der Waals surface area contributed by atoms with Crippen molar-refractivity contribution in [2.24, 2.45) is 7.05 Å². The maximum absolute atomic E-state index is 11.7. The summed E-state index contributed by atoms with van der Waals surface area (Å²) in [6, 6.07) is 10.5. The maximum Gasteiger partial charge on any atom is 0.267 e. The van der Waals surface area contributed by atoms with Crippen LogP contribution in [-0.4, -0.2) is 21.2 Å². The van der Waals surface area contributed by atoms with E-state index in [2.05, 4.69) is 34.3 Å². The highest BCUT2D eigenvalue weighted by Crippen LogP contribution is 2.17. The highest BCUT2D eigenvalue weighted by molar-refractivity contribution is 5.22. The molecule has 94 valence electrons. The van der Waals surface area contributed by atoms with Crippen LogP contribution in [0.5, 0.6) is 0 Å². The molecular weight excluding hydrogens is 226 g/mol. The third-order valence-electron chi connectivity index (χ3n) is 3.60. The summed E-state index contributed by atoms with van der Waals surface area (Å²) in [5, 5.41) is 2.84. The molecule has 0 fully saturated rings. The van der Waals surface area contributed by atoms with Gasteiger partial charge in [0.25, 0.3) is 5.56 Å². The van der Waals surface area contributed by atoms with Crippen molar-refractivity contribution in [3.8, 4) is 0 Å². The molecule has 1 N–H and O–H groups in total. The molecule has 0 spiro atoms. The van der Waals surface area contributed by atoms with E-state index in [1.165, 1.54) is 5.56 Å². The van der Waals surface area contributed by atoms with Gasteiger partial charge < -0.3 is 0 Å². The number of rotatable bonds is 2. The smallest absolute Gasteiger partial charge is 0.267 e. The van der Waals surface area contributed by atoms with Crippen molar-refractivity contribution in [2.45, 2.75) is 19.5 Å². The Morgan fingerprint density at radius 1 is 1.28 bits per heavy atom. The van der Waals surface area contributed by atoms with Crippen molar-refractivity contribution in [1.82, 2.24) is 14.7 Å². The molecule has 1 aliphatic heterocycles. The molecule has 18 heavy (non-hydrogen) atoms. The second-order valence-corrected chi connectivity index (χ2v) is 4.87. The van der Waals surface area contributed by atoms with Gasteiger partial charge in [-0.25, -0.2) is 0 Å². The van der Waals surface area contributed by atoms with Crippen molar-refractivity contribution < 1.29 is 0 Å². The number of nitrogens with one attached hydrogen (secondary N) is 1. The van der Waals surface area contributed by atoms with Gasteiger partial charge in [-0.1, -0.05) is 30.3 Å². The van der Waals surface area contributed by atoms with Crippen LogP contribution in [0.2, 0.25) is 0 Å². The van der Waals surface area contributed by atoms with Crippen LogP contribution in [0.3, 0.4) is 0 Å². The van der Waals surface area contributed by atoms with Crippen LogP contribution in [0.1, 0.15) is 16.8 Å². The standard InChI is InChI=1S/C14H17N3O/c1-16-13-10-17(8-7-12(13)14(18)15-16)9-11-5-3-2-4-6-11/h2-6H,7-10H2,1H3,(H,15,18). The molecule has 0 saturated carbocycles. The zero-order chi connectivity index (χ0) is 12.5. The largest absolute Gasteiger partial charge is 0.293 e. The van der Waals surface area contributed by atoms with E-state index in [1.54, 1.807) is 0 Å². The minimum Gasteiger partial charge on any atom is -0.293 e. The molecule has 1 aromatic carbocycles. The van der Waals surface area contributed by atoms with Crippen molar-refractivity contribution in [3.63, 3.8) is 0 Å². The Morgan fingerprint density at radius 3 is 2.83 bits per heavy atom. The van der Waals surface area contributed by atoms with E-state index in [-0.39, 0.29) is 5.56 Å². The Bertz CT molecular complexity index is 597. The normalized spacial score (nSPS) is 15.6. The maximum atomic E-state index is 11.7. The number of aromatic amines is 1. The van der Waals surface area contributed by atoms with Gasteiger partial charge in [0.2, 0.25) is 0 Å². The van der Waals surface area contributed by atoms with Crippen LogP contribution in [0.15, 0.2) is 35.1 Å². The predicted molar refractivity (Wildman–Crippen MR) is 70.3 cm³/mol. The van der Waals surface area contributed by atoms with E-state index >= 15 is 0 Å². The average Bonchev–Trinajstić information content (AvgIpc) is 2.66. The Balaban J connectivity index is 1.79. The number of benzene rings is 1. The minimum absolute atomic E-state index is 0.0758. The van der Waals surface area contributed by atoms with Gasteiger partial charge in [0, 0.05) is 32.2 Å². The van der Waals surface area contributed by atoms with E-state index in [0.29, 0.717) is 0 Å². The number of hydrogen-bond acceptors (Lipinski definition) is 2. The number of fused-ring (bicyclic) bond motifs is 1. The number of nitrogens with zero attached hydrogens (tertiary/aromatic N) is 2. The third-order valence-corrected chi connectivity index (χ3v) is 3.60. The minimum atomic E-state index is 0.0758. The summed E-state index contributed by atoms with van der Waals surface area (Å²) >= 11 is 0. The van der Waals surface area contributed by atoms with Gasteiger partial charge in [-0.2, -0.15) is 0 Å². The molecule has 0 aliphatic carbocycles. The van der Waals surface area contributed by atoms with Crippen molar-refractivity contribution in [2.75, 3.05) is 6.54 Å². The number of aromatic nitrogens is 2. The van der Waals surface area contributed by atoms with Crippen LogP contribution in [0.4, 0.5) is 0 Å². The zero-order valence-corrected chi connectivity index (χ0v) is 10.5. The molecule has 0 amide bonds. The van der Waals surface area contributed by atoms with Crippen LogP contribution in [0.25, 0.3) is 0 Å². The van der Waals surface area contributed by atoms with E-state index in [0.717, 1.165) is 37.3 Å². The molecule has 0 atom stereocenters. The monoisotopic (exact) mass is 243 g/mol. The fourth-order valence-electron chi connectivity index (χ4n) is 2.62. The first-order valence-electron chi connectivity index (χ1n) is 6.27. The van der Waals surface area contributed by atoms with E-state index < -0.39 is 0 Å². The van der Waals surface area contributed by atoms with Gasteiger partial charge >= 0.3 is 0 Å². The molecule has 0 bridgehead atoms. The van der Waals surface area contributed by atoms with Crippen molar-refractivity contribution in [1.29, 1.82) is 0 Å². The molecule has 4 heteroatoms. The molecule has 2 aromatic rings. The average molecular weight is 243 g/mol. The summed E-state index contributed by atoms with van der Waals surface area (Å²) in [4.78, 5) is 14.0. The summed E-state index contributed by atoms with van der Waals surface area (Å²) in [6.07, 6.45) is 0.846. The second-order valence-electron chi connectivity index (χ2n) is 4.87. The molecule has 4 nitrogen and oxygen atoms in total. The first kappa shape index (κ1) is 11.3. The van der Waals surface area contributed by atoms with Crippen LogP contribution in [-0.2, 0) is 26.6 Å². The lowest BCUT2D eigenvalue weighted by molar-refractivity contribution is 0.238. The van der Waals surface area contributed by atoms with Gasteiger partial charge in [0.15, 0.2) is 0 Å². The van der Waals surface area contributed by atoms with E-state index in [9.17, 15) is 4.79 Å². The summed E-state index contributed by atoms with van der Waals surface area (Å²) in [6.45, 7) is 2.74. The lowest BCUT2D eigenvalue weighted by Crippen LogP contribution is -2.32. The SMILES string of the molecule is Cn1[nH]c(=O)c2c1CN(Cc1ccccc1)CC2. The zero-order valence-electron chi connectivity index (χ0n) is 10.5. The fourth-order valence-corrected chi connectivity index (χ4v) is 2.62. The van der Waals surface area contributed by atoms with Gasteiger partial charge in [-0.15, -0.1) is 0 Å². The first-order valence-corrected chi connectivity index (χ1v) is 6.27. The van der Waals surface area contributed by atoms with Crippen molar-refractivity contribution in [3.05, 3.63) is 57.5 Å². The quantitative estimate of drug-likeness (QED) is 0.863. The Labute approximate surface area is 106 Å². The molecule has 2 heterocycles. The Morgan fingerprint density at radius 2 is 2.06 bits per heavy atom. The summed E-state index contributed by atoms with van der Waals surface area (Å²) in [5.74, 6) is 0. The molecule has 0 unspecified atom stereocenters. The molecule has 3 rings (SSSR count). The van der Waals surface area contributed by atoms with Gasteiger partial charge in [0.1, 0.15) is 0 Å². The second kappa shape index (κ2) is 4.46. The fraction of sp³-hybridized carbons (Fsp3) is 0.357. The van der Waals surface area contributed by atoms with E-state index in [4.69, 9.17) is 0 Å².